The summed E-state index contributed by atoms with van der Waals surface area (Å²) in [6.45, 7) is 7.51. The highest BCUT2D eigenvalue weighted by Crippen LogP contribution is 2.66. The van der Waals surface area contributed by atoms with Crippen LogP contribution in [0.15, 0.2) is 0 Å². The van der Waals surface area contributed by atoms with Gasteiger partial charge in [-0.15, -0.1) is 0 Å². The minimum atomic E-state index is -0.278. The van der Waals surface area contributed by atoms with Crippen LogP contribution >= 0.6 is 15.9 Å². The van der Waals surface area contributed by atoms with Gasteiger partial charge in [0.2, 0.25) is 0 Å². The summed E-state index contributed by atoms with van der Waals surface area (Å²) in [5.41, 5.74) is -0.0786. The molecule has 4 rings (SSSR count). The highest BCUT2D eigenvalue weighted by Gasteiger charge is 2.64. The van der Waals surface area contributed by atoms with E-state index in [0.717, 1.165) is 38.5 Å². The van der Waals surface area contributed by atoms with Crippen molar-refractivity contribution in [3.05, 3.63) is 0 Å². The van der Waals surface area contributed by atoms with Crippen molar-refractivity contribution < 1.29 is 23.9 Å². The molecular formula is C23H33BrO5. The lowest BCUT2D eigenvalue weighted by Gasteiger charge is -2.60. The summed E-state index contributed by atoms with van der Waals surface area (Å²) in [4.78, 5) is 36.4. The summed E-state index contributed by atoms with van der Waals surface area (Å²) < 4.78 is 11.2. The number of halogens is 1. The first-order chi connectivity index (χ1) is 13.6. The molecule has 0 heterocycles. The van der Waals surface area contributed by atoms with Gasteiger partial charge in [-0.25, -0.2) is 0 Å². The van der Waals surface area contributed by atoms with E-state index in [1.165, 1.54) is 13.8 Å². The fourth-order valence-electron chi connectivity index (χ4n) is 7.74. The van der Waals surface area contributed by atoms with Crippen molar-refractivity contribution in [2.24, 2.45) is 34.5 Å². The number of Topliss-reactive ketones (excluding diaryl/α,β-unsaturated/α-hetero) is 1. The van der Waals surface area contributed by atoms with Crippen LogP contribution in [-0.2, 0) is 23.9 Å². The van der Waals surface area contributed by atoms with Crippen LogP contribution < -0.4 is 0 Å². The Morgan fingerprint density at radius 1 is 0.931 bits per heavy atom. The van der Waals surface area contributed by atoms with Crippen molar-refractivity contribution in [1.29, 1.82) is 0 Å². The average Bonchev–Trinajstić information content (AvgIpc) is 2.93. The third-order valence-corrected chi connectivity index (χ3v) is 10.1. The van der Waals surface area contributed by atoms with Crippen molar-refractivity contribution in [3.63, 3.8) is 0 Å². The molecule has 0 aromatic carbocycles. The van der Waals surface area contributed by atoms with Gasteiger partial charge in [-0.3, -0.25) is 14.4 Å². The van der Waals surface area contributed by atoms with E-state index in [1.54, 1.807) is 0 Å². The Morgan fingerprint density at radius 2 is 1.55 bits per heavy atom. The Balaban J connectivity index is 1.60. The van der Waals surface area contributed by atoms with Gasteiger partial charge >= 0.3 is 11.9 Å². The van der Waals surface area contributed by atoms with E-state index < -0.39 is 0 Å². The summed E-state index contributed by atoms with van der Waals surface area (Å²) in [5.74, 6) is 1.04. The van der Waals surface area contributed by atoms with E-state index in [2.05, 4.69) is 29.8 Å². The molecule has 4 aliphatic carbocycles. The van der Waals surface area contributed by atoms with Gasteiger partial charge in [-0.05, 0) is 61.7 Å². The van der Waals surface area contributed by atoms with Gasteiger partial charge in [0.15, 0.2) is 0 Å². The Bertz CT molecular complexity index is 722. The zero-order valence-electron chi connectivity index (χ0n) is 17.9. The van der Waals surface area contributed by atoms with E-state index in [1.807, 2.05) is 0 Å². The highest BCUT2D eigenvalue weighted by molar-refractivity contribution is 9.09. The summed E-state index contributed by atoms with van der Waals surface area (Å²) in [7, 11) is 0. The van der Waals surface area contributed by atoms with Crippen LogP contribution in [0.25, 0.3) is 0 Å². The molecule has 6 heteroatoms. The number of hydrogen-bond acceptors (Lipinski definition) is 5. The normalized spacial score (nSPS) is 48.9. The summed E-state index contributed by atoms with van der Waals surface area (Å²) in [6, 6.07) is 0. The van der Waals surface area contributed by atoms with Crippen LogP contribution in [0.1, 0.15) is 72.6 Å². The third kappa shape index (κ3) is 3.28. The molecule has 0 bridgehead atoms. The lowest BCUT2D eigenvalue weighted by atomic mass is 9.45. The van der Waals surface area contributed by atoms with Crippen molar-refractivity contribution in [1.82, 2.24) is 0 Å². The van der Waals surface area contributed by atoms with Gasteiger partial charge in [0.25, 0.3) is 0 Å². The molecule has 0 radical (unpaired) electrons. The molecule has 0 N–H and O–H groups in total. The van der Waals surface area contributed by atoms with Crippen molar-refractivity contribution in [2.75, 3.05) is 0 Å². The molecule has 0 saturated heterocycles. The van der Waals surface area contributed by atoms with Gasteiger partial charge in [0.05, 0.1) is 4.83 Å². The SMILES string of the molecule is CC(=O)OC1CCC2(C)C3CCC4(C)C(OC(C)=O)CCC4C3CC(=O)C2C1Br. The Hall–Kier alpha value is -0.910. The molecule has 162 valence electrons. The monoisotopic (exact) mass is 468 g/mol. The number of fused-ring (bicyclic) bond motifs is 5. The number of rotatable bonds is 2. The molecule has 9 unspecified atom stereocenters. The van der Waals surface area contributed by atoms with Crippen molar-refractivity contribution in [2.45, 2.75) is 89.7 Å². The molecule has 5 nitrogen and oxygen atoms in total. The molecule has 0 spiro atoms. The van der Waals surface area contributed by atoms with Crippen LogP contribution in [0, 0.1) is 34.5 Å². The molecule has 0 aromatic rings. The quantitative estimate of drug-likeness (QED) is 0.442. The Morgan fingerprint density at radius 3 is 2.21 bits per heavy atom. The smallest absolute Gasteiger partial charge is 0.302 e. The van der Waals surface area contributed by atoms with Crippen molar-refractivity contribution >= 4 is 33.7 Å². The molecule has 0 aliphatic heterocycles. The first-order valence-corrected chi connectivity index (χ1v) is 12.0. The molecule has 0 amide bonds. The van der Waals surface area contributed by atoms with Gasteiger partial charge in [0.1, 0.15) is 18.0 Å². The predicted octanol–water partition coefficient (Wildman–Crippen LogP) is 4.44. The number of esters is 2. The fraction of sp³-hybridized carbons (Fsp3) is 0.870. The summed E-state index contributed by atoms with van der Waals surface area (Å²) in [5, 5.41) is 0. The fourth-order valence-corrected chi connectivity index (χ4v) is 9.01. The van der Waals surface area contributed by atoms with Crippen LogP contribution in [0.2, 0.25) is 0 Å². The zero-order valence-corrected chi connectivity index (χ0v) is 19.5. The number of ketones is 1. The minimum Gasteiger partial charge on any atom is -0.462 e. The Labute approximate surface area is 181 Å². The maximum atomic E-state index is 13.4. The van der Waals surface area contributed by atoms with Gasteiger partial charge in [-0.2, -0.15) is 0 Å². The molecule has 4 saturated carbocycles. The van der Waals surface area contributed by atoms with Crippen LogP contribution in [0.5, 0.6) is 0 Å². The number of ether oxygens (including phenoxy) is 2. The topological polar surface area (TPSA) is 69.7 Å². The second kappa shape index (κ2) is 7.35. The summed E-state index contributed by atoms with van der Waals surface area (Å²) in [6.07, 6.45) is 6.16. The molecule has 29 heavy (non-hydrogen) atoms. The van der Waals surface area contributed by atoms with Crippen LogP contribution in [0.3, 0.4) is 0 Å². The first kappa shape index (κ1) is 21.3. The lowest BCUT2D eigenvalue weighted by Crippen LogP contribution is -2.61. The van der Waals surface area contributed by atoms with Crippen LogP contribution in [0.4, 0.5) is 0 Å². The molecule has 4 aliphatic rings. The number of carbonyl (C=O) groups excluding carboxylic acids is 3. The third-order valence-electron chi connectivity index (χ3n) is 8.96. The number of alkyl halides is 1. The van der Waals surface area contributed by atoms with Gasteiger partial charge in [-0.1, -0.05) is 29.8 Å². The van der Waals surface area contributed by atoms with E-state index in [9.17, 15) is 14.4 Å². The van der Waals surface area contributed by atoms with E-state index in [-0.39, 0.29) is 45.7 Å². The number of hydrogen-bond donors (Lipinski definition) is 0. The second-order valence-corrected chi connectivity index (χ2v) is 11.4. The van der Waals surface area contributed by atoms with Gasteiger partial charge < -0.3 is 9.47 Å². The van der Waals surface area contributed by atoms with Crippen molar-refractivity contribution in [3.8, 4) is 0 Å². The van der Waals surface area contributed by atoms with E-state index in [4.69, 9.17) is 9.47 Å². The minimum absolute atomic E-state index is 0.0148. The highest BCUT2D eigenvalue weighted by atomic mass is 79.9. The predicted molar refractivity (Wildman–Crippen MR) is 111 cm³/mol. The molecule has 0 aromatic heterocycles. The van der Waals surface area contributed by atoms with Gasteiger partial charge in [0, 0.05) is 31.6 Å². The number of carbonyl (C=O) groups is 3. The molecule has 4 fully saturated rings. The van der Waals surface area contributed by atoms with E-state index in [0.29, 0.717) is 30.0 Å². The average molecular weight is 469 g/mol. The first-order valence-electron chi connectivity index (χ1n) is 11.1. The largest absolute Gasteiger partial charge is 0.462 e. The molecule has 9 atom stereocenters. The molecular weight excluding hydrogens is 436 g/mol. The Kier molecular flexibility index (Phi) is 5.40. The zero-order chi connectivity index (χ0) is 21.1. The standard InChI is InChI=1S/C23H33BrO5/c1-12(25)28-18-8-10-23(4)16-7-9-22(3)15(5-6-19(22)29-13(2)26)14(16)11-17(27)20(23)21(18)24/h14-16,18-21H,5-11H2,1-4H3. The summed E-state index contributed by atoms with van der Waals surface area (Å²) >= 11 is 3.77. The van der Waals surface area contributed by atoms with Crippen LogP contribution in [-0.4, -0.2) is 34.8 Å². The lowest BCUT2D eigenvalue weighted by molar-refractivity contribution is -0.172. The van der Waals surface area contributed by atoms with E-state index >= 15 is 0 Å². The maximum Gasteiger partial charge on any atom is 0.302 e. The maximum absolute atomic E-state index is 13.4. The second-order valence-electron chi connectivity index (χ2n) is 10.4.